The van der Waals surface area contributed by atoms with Crippen LogP contribution >= 0.6 is 12.4 Å². The summed E-state index contributed by atoms with van der Waals surface area (Å²) < 4.78 is 0. The minimum absolute atomic E-state index is 0. The van der Waals surface area contributed by atoms with Crippen LogP contribution < -0.4 is 10.6 Å². The molecule has 1 aliphatic heterocycles. The fraction of sp³-hybridized carbons (Fsp3) is 0.529. The molecule has 0 aromatic heterocycles. The predicted octanol–water partition coefficient (Wildman–Crippen LogP) is 2.67. The Kier molecular flexibility index (Phi) is 8.06. The third kappa shape index (κ3) is 5.52. The monoisotopic (exact) mass is 339 g/mol. The maximum Gasteiger partial charge on any atom is 0.253 e. The first-order chi connectivity index (χ1) is 10.6. The predicted molar refractivity (Wildman–Crippen MR) is 95.2 cm³/mol. The van der Waals surface area contributed by atoms with Crippen LogP contribution in [0.5, 0.6) is 0 Å². The van der Waals surface area contributed by atoms with Crippen molar-refractivity contribution < 1.29 is 9.59 Å². The van der Waals surface area contributed by atoms with Gasteiger partial charge < -0.3 is 15.5 Å². The van der Waals surface area contributed by atoms with E-state index in [1.54, 1.807) is 23.1 Å². The van der Waals surface area contributed by atoms with Crippen LogP contribution in [0.4, 0.5) is 5.69 Å². The average molecular weight is 340 g/mol. The van der Waals surface area contributed by atoms with Crippen LogP contribution in [0.3, 0.4) is 0 Å². The lowest BCUT2D eigenvalue weighted by molar-refractivity contribution is -0.116. The third-order valence-electron chi connectivity index (χ3n) is 4.04. The lowest BCUT2D eigenvalue weighted by Gasteiger charge is -2.19. The molecular weight excluding hydrogens is 314 g/mol. The minimum Gasteiger partial charge on any atom is -0.339 e. The Bertz CT molecular complexity index is 526. The van der Waals surface area contributed by atoms with E-state index in [0.717, 1.165) is 19.4 Å². The fourth-order valence-corrected chi connectivity index (χ4v) is 2.79. The summed E-state index contributed by atoms with van der Waals surface area (Å²) in [6.45, 7) is 6.27. The van der Waals surface area contributed by atoms with Crippen LogP contribution in [0.25, 0.3) is 0 Å². The Morgan fingerprint density at radius 3 is 2.65 bits per heavy atom. The number of nitrogens with zero attached hydrogens (tertiary/aromatic N) is 1. The van der Waals surface area contributed by atoms with E-state index >= 15 is 0 Å². The van der Waals surface area contributed by atoms with Crippen molar-refractivity contribution in [1.29, 1.82) is 0 Å². The molecule has 5 nitrogen and oxygen atoms in total. The van der Waals surface area contributed by atoms with Gasteiger partial charge in [-0.3, -0.25) is 9.59 Å². The number of carbonyl (C=O) groups excluding carboxylic acids is 2. The summed E-state index contributed by atoms with van der Waals surface area (Å²) in [4.78, 5) is 26.1. The molecule has 1 aromatic carbocycles. The molecule has 0 saturated carbocycles. The Labute approximate surface area is 144 Å². The second kappa shape index (κ2) is 9.53. The summed E-state index contributed by atoms with van der Waals surface area (Å²) in [5.41, 5.74) is 1.29. The largest absolute Gasteiger partial charge is 0.339 e. The van der Waals surface area contributed by atoms with Gasteiger partial charge >= 0.3 is 0 Å². The molecule has 128 valence electrons. The molecule has 0 aliphatic carbocycles. The van der Waals surface area contributed by atoms with Gasteiger partial charge in [0.1, 0.15) is 0 Å². The number of hydrogen-bond donors (Lipinski definition) is 2. The van der Waals surface area contributed by atoms with Gasteiger partial charge in [0.15, 0.2) is 0 Å². The first-order valence-electron chi connectivity index (χ1n) is 8.06. The van der Waals surface area contributed by atoms with E-state index < -0.39 is 0 Å². The Balaban J connectivity index is 0.00000264. The Hall–Kier alpha value is -1.59. The highest BCUT2D eigenvalue weighted by Gasteiger charge is 2.18. The molecule has 1 heterocycles. The van der Waals surface area contributed by atoms with Crippen LogP contribution in [0, 0.1) is 0 Å². The summed E-state index contributed by atoms with van der Waals surface area (Å²) >= 11 is 0. The normalized spacial score (nSPS) is 16.5. The Morgan fingerprint density at radius 1 is 1.30 bits per heavy atom. The molecule has 1 unspecified atom stereocenters. The number of hydrogen-bond acceptors (Lipinski definition) is 3. The second-order valence-electron chi connectivity index (χ2n) is 5.60. The zero-order chi connectivity index (χ0) is 15.9. The number of amides is 2. The van der Waals surface area contributed by atoms with Gasteiger partial charge in [-0.15, -0.1) is 12.4 Å². The number of anilines is 1. The minimum atomic E-state index is -0.00756. The summed E-state index contributed by atoms with van der Waals surface area (Å²) in [6, 6.07) is 7.44. The summed E-state index contributed by atoms with van der Waals surface area (Å²) in [5.74, 6) is -0.00889. The van der Waals surface area contributed by atoms with Crippen LogP contribution in [-0.4, -0.2) is 42.4 Å². The van der Waals surface area contributed by atoms with Crippen molar-refractivity contribution in [2.45, 2.75) is 39.2 Å². The van der Waals surface area contributed by atoms with Crippen molar-refractivity contribution in [3.8, 4) is 0 Å². The number of nitrogens with one attached hydrogen (secondary N) is 2. The average Bonchev–Trinajstić information content (AvgIpc) is 3.01. The highest BCUT2D eigenvalue weighted by Crippen LogP contribution is 2.15. The molecule has 1 aromatic rings. The van der Waals surface area contributed by atoms with Crippen LogP contribution in [0.2, 0.25) is 0 Å². The molecule has 1 atom stereocenters. The van der Waals surface area contributed by atoms with Gasteiger partial charge in [0.2, 0.25) is 5.91 Å². The summed E-state index contributed by atoms with van der Waals surface area (Å²) in [6.07, 6.45) is 2.66. The quantitative estimate of drug-likeness (QED) is 0.837. The highest BCUT2D eigenvalue weighted by atomic mass is 35.5. The third-order valence-corrected chi connectivity index (χ3v) is 4.04. The smallest absolute Gasteiger partial charge is 0.253 e. The van der Waals surface area contributed by atoms with Gasteiger partial charge in [-0.05, 0) is 51.4 Å². The van der Waals surface area contributed by atoms with Crippen molar-refractivity contribution >= 4 is 29.9 Å². The van der Waals surface area contributed by atoms with Crippen molar-refractivity contribution in [3.63, 3.8) is 0 Å². The van der Waals surface area contributed by atoms with E-state index in [1.165, 1.54) is 0 Å². The van der Waals surface area contributed by atoms with Crippen LogP contribution in [0.15, 0.2) is 24.3 Å². The lowest BCUT2D eigenvalue weighted by atomic mass is 10.1. The van der Waals surface area contributed by atoms with Crippen molar-refractivity contribution in [2.24, 2.45) is 0 Å². The standard InChI is InChI=1S/C17H25N3O2.ClH/c1-3-20(4-2)17(22)13-7-5-8-15(11-13)19-16(21)12-14-9-6-10-18-14;/h5,7-8,11,14,18H,3-4,6,9-10,12H2,1-2H3,(H,19,21);1H. The molecule has 0 spiro atoms. The summed E-state index contributed by atoms with van der Waals surface area (Å²) in [7, 11) is 0. The second-order valence-corrected chi connectivity index (χ2v) is 5.60. The zero-order valence-corrected chi connectivity index (χ0v) is 14.6. The van der Waals surface area contributed by atoms with Gasteiger partial charge in [-0.1, -0.05) is 6.07 Å². The highest BCUT2D eigenvalue weighted by molar-refractivity contribution is 5.97. The molecule has 2 N–H and O–H groups in total. The number of benzene rings is 1. The van der Waals surface area contributed by atoms with E-state index in [4.69, 9.17) is 0 Å². The SMILES string of the molecule is CCN(CC)C(=O)c1cccc(NC(=O)CC2CCCN2)c1.Cl. The van der Waals surface area contributed by atoms with E-state index in [1.807, 2.05) is 19.9 Å². The van der Waals surface area contributed by atoms with E-state index in [9.17, 15) is 9.59 Å². The fourth-order valence-electron chi connectivity index (χ4n) is 2.79. The molecule has 23 heavy (non-hydrogen) atoms. The van der Waals surface area contributed by atoms with Gasteiger partial charge in [-0.25, -0.2) is 0 Å². The van der Waals surface area contributed by atoms with Crippen LogP contribution in [0.1, 0.15) is 43.5 Å². The topological polar surface area (TPSA) is 61.4 Å². The molecule has 0 bridgehead atoms. The Morgan fingerprint density at radius 2 is 2.04 bits per heavy atom. The van der Waals surface area contributed by atoms with E-state index in [2.05, 4.69) is 10.6 Å². The van der Waals surface area contributed by atoms with E-state index in [-0.39, 0.29) is 30.3 Å². The van der Waals surface area contributed by atoms with Gasteiger partial charge in [0.05, 0.1) is 0 Å². The van der Waals surface area contributed by atoms with Crippen molar-refractivity contribution in [3.05, 3.63) is 29.8 Å². The van der Waals surface area contributed by atoms with Crippen molar-refractivity contribution in [1.82, 2.24) is 10.2 Å². The molecule has 6 heteroatoms. The first kappa shape index (κ1) is 19.5. The number of rotatable bonds is 6. The van der Waals surface area contributed by atoms with Crippen molar-refractivity contribution in [2.75, 3.05) is 25.0 Å². The molecule has 2 rings (SSSR count). The van der Waals surface area contributed by atoms with Gasteiger partial charge in [0.25, 0.3) is 5.91 Å². The molecule has 2 amide bonds. The first-order valence-corrected chi connectivity index (χ1v) is 8.06. The van der Waals surface area contributed by atoms with E-state index in [0.29, 0.717) is 30.8 Å². The maximum absolute atomic E-state index is 12.3. The molecular formula is C17H26ClN3O2. The molecule has 1 aliphatic rings. The molecule has 1 saturated heterocycles. The van der Waals surface area contributed by atoms with Crippen LogP contribution in [-0.2, 0) is 4.79 Å². The number of carbonyl (C=O) groups is 2. The summed E-state index contributed by atoms with van der Waals surface area (Å²) in [5, 5.41) is 6.20. The molecule has 1 fully saturated rings. The van der Waals surface area contributed by atoms with Gasteiger partial charge in [0, 0.05) is 36.8 Å². The number of halogens is 1. The van der Waals surface area contributed by atoms with Gasteiger partial charge in [-0.2, -0.15) is 0 Å². The lowest BCUT2D eigenvalue weighted by Crippen LogP contribution is -2.30. The zero-order valence-electron chi connectivity index (χ0n) is 13.8. The molecule has 0 radical (unpaired) electrons. The maximum atomic E-state index is 12.3.